The molecular weight excluding hydrogens is 246 g/mol. The van der Waals surface area contributed by atoms with Crippen LogP contribution in [0.4, 0.5) is 0 Å². The molecule has 0 fully saturated rings. The van der Waals surface area contributed by atoms with E-state index in [2.05, 4.69) is 6.92 Å². The van der Waals surface area contributed by atoms with Crippen LogP contribution < -0.4 is 5.73 Å². The molecule has 0 bridgehead atoms. The first-order valence-corrected chi connectivity index (χ1v) is 7.06. The summed E-state index contributed by atoms with van der Waals surface area (Å²) < 4.78 is 0. The highest BCUT2D eigenvalue weighted by molar-refractivity contribution is 5.73. The minimum Gasteiger partial charge on any atom is -0.481 e. The number of carbonyl (C=O) groups is 2. The van der Waals surface area contributed by atoms with Crippen molar-refractivity contribution in [3.05, 3.63) is 0 Å². The van der Waals surface area contributed by atoms with Gasteiger partial charge in [-0.05, 0) is 12.3 Å². The minimum absolute atomic E-state index is 0.0718. The van der Waals surface area contributed by atoms with Gasteiger partial charge in [-0.3, -0.25) is 9.59 Å². The molecule has 0 aliphatic heterocycles. The highest BCUT2D eigenvalue weighted by Crippen LogP contribution is 2.04. The predicted molar refractivity (Wildman–Crippen MR) is 76.1 cm³/mol. The fourth-order valence-electron chi connectivity index (χ4n) is 1.38. The zero-order valence-corrected chi connectivity index (χ0v) is 12.4. The van der Waals surface area contributed by atoms with Crippen molar-refractivity contribution < 1.29 is 19.8 Å². The van der Waals surface area contributed by atoms with E-state index in [0.717, 1.165) is 19.3 Å². The van der Waals surface area contributed by atoms with Crippen molar-refractivity contribution in [2.24, 2.45) is 11.7 Å². The summed E-state index contributed by atoms with van der Waals surface area (Å²) in [4.78, 5) is 20.2. The lowest BCUT2D eigenvalue weighted by Crippen LogP contribution is -2.36. The van der Waals surface area contributed by atoms with Crippen molar-refractivity contribution >= 4 is 11.9 Å². The molecule has 0 radical (unpaired) electrons. The van der Waals surface area contributed by atoms with Crippen LogP contribution in [0.3, 0.4) is 0 Å². The molecule has 0 rings (SSSR count). The van der Waals surface area contributed by atoms with Gasteiger partial charge in [-0.15, -0.1) is 0 Å². The molecule has 5 heteroatoms. The van der Waals surface area contributed by atoms with E-state index in [9.17, 15) is 9.59 Å². The predicted octanol–water partition coefficient (Wildman–Crippen LogP) is 2.88. The molecule has 0 aromatic heterocycles. The Bertz CT molecular complexity index is 244. The van der Waals surface area contributed by atoms with Gasteiger partial charge in [0, 0.05) is 6.42 Å². The molecule has 0 aliphatic rings. The molecule has 5 nitrogen and oxygen atoms in total. The number of carboxylic acids is 2. The topological polar surface area (TPSA) is 101 Å². The molecule has 0 aromatic carbocycles. The Morgan fingerprint density at radius 1 is 1.05 bits per heavy atom. The number of nitrogens with two attached hydrogens (primary N) is 1. The van der Waals surface area contributed by atoms with E-state index >= 15 is 0 Å². The Labute approximate surface area is 116 Å². The zero-order chi connectivity index (χ0) is 15.3. The van der Waals surface area contributed by atoms with Crippen LogP contribution in [0.25, 0.3) is 0 Å². The van der Waals surface area contributed by atoms with Crippen molar-refractivity contribution in [2.45, 2.75) is 71.8 Å². The summed E-state index contributed by atoms with van der Waals surface area (Å²) in [5, 5.41) is 16.6. The monoisotopic (exact) mass is 275 g/mol. The van der Waals surface area contributed by atoms with Crippen LogP contribution in [-0.2, 0) is 9.59 Å². The second-order valence-electron chi connectivity index (χ2n) is 4.81. The maximum atomic E-state index is 10.2. The van der Waals surface area contributed by atoms with Crippen molar-refractivity contribution in [1.29, 1.82) is 0 Å². The molecule has 2 unspecified atom stereocenters. The van der Waals surface area contributed by atoms with Gasteiger partial charge in [0.2, 0.25) is 0 Å². The fraction of sp³-hybridized carbons (Fsp3) is 0.857. The molecule has 2 atom stereocenters. The summed E-state index contributed by atoms with van der Waals surface area (Å²) in [6.07, 6.45) is 6.70. The van der Waals surface area contributed by atoms with Gasteiger partial charge >= 0.3 is 11.9 Å². The van der Waals surface area contributed by atoms with Crippen molar-refractivity contribution in [3.8, 4) is 0 Å². The zero-order valence-electron chi connectivity index (χ0n) is 12.4. The standard InChI is InChI=1S/C8H16O2.C6H13NO2/c1-2-3-4-5-6-7-8(9)10;1-3-4(2)5(7)6(8)9/h2-7H2,1H3,(H,9,10);4-5H,3,7H2,1-2H3,(H,8,9). The Morgan fingerprint density at radius 2 is 1.58 bits per heavy atom. The van der Waals surface area contributed by atoms with E-state index in [-0.39, 0.29) is 5.92 Å². The average molecular weight is 275 g/mol. The summed E-state index contributed by atoms with van der Waals surface area (Å²) in [5.41, 5.74) is 5.27. The molecule has 0 saturated heterocycles. The summed E-state index contributed by atoms with van der Waals surface area (Å²) in [7, 11) is 0. The number of aliphatic carboxylic acids is 2. The number of unbranched alkanes of at least 4 members (excludes halogenated alkanes) is 4. The summed E-state index contributed by atoms with van der Waals surface area (Å²) in [6.45, 7) is 5.91. The van der Waals surface area contributed by atoms with Crippen LogP contribution in [0.2, 0.25) is 0 Å². The first-order valence-electron chi connectivity index (χ1n) is 7.06. The maximum absolute atomic E-state index is 10.2. The van der Waals surface area contributed by atoms with Crippen molar-refractivity contribution in [2.75, 3.05) is 0 Å². The lowest BCUT2D eigenvalue weighted by Gasteiger charge is -2.11. The molecule has 0 spiro atoms. The third-order valence-electron chi connectivity index (χ3n) is 3.04. The second kappa shape index (κ2) is 13.3. The van der Waals surface area contributed by atoms with Crippen LogP contribution in [0.5, 0.6) is 0 Å². The molecule has 0 aromatic rings. The van der Waals surface area contributed by atoms with Gasteiger partial charge in [-0.1, -0.05) is 52.9 Å². The van der Waals surface area contributed by atoms with Gasteiger partial charge < -0.3 is 15.9 Å². The third kappa shape index (κ3) is 14.8. The lowest BCUT2D eigenvalue weighted by atomic mass is 10.0. The van der Waals surface area contributed by atoms with Gasteiger partial charge in [0.25, 0.3) is 0 Å². The van der Waals surface area contributed by atoms with Crippen LogP contribution >= 0.6 is 0 Å². The highest BCUT2D eigenvalue weighted by atomic mass is 16.4. The van der Waals surface area contributed by atoms with E-state index < -0.39 is 18.0 Å². The first kappa shape index (κ1) is 20.2. The normalized spacial score (nSPS) is 13.1. The van der Waals surface area contributed by atoms with E-state index in [0.29, 0.717) is 6.42 Å². The average Bonchev–Trinajstić information content (AvgIpc) is 2.37. The smallest absolute Gasteiger partial charge is 0.320 e. The number of carboxylic acid groups (broad SMARTS) is 2. The molecular formula is C14H29NO4. The Morgan fingerprint density at radius 3 is 1.89 bits per heavy atom. The molecule has 0 saturated carbocycles. The van der Waals surface area contributed by atoms with E-state index in [1.165, 1.54) is 19.3 Å². The quantitative estimate of drug-likeness (QED) is 0.562. The third-order valence-corrected chi connectivity index (χ3v) is 3.04. The highest BCUT2D eigenvalue weighted by Gasteiger charge is 2.17. The van der Waals surface area contributed by atoms with E-state index in [1.807, 2.05) is 13.8 Å². The number of hydrogen-bond donors (Lipinski definition) is 3. The molecule has 0 amide bonds. The van der Waals surface area contributed by atoms with Crippen LogP contribution in [0.1, 0.15) is 65.7 Å². The van der Waals surface area contributed by atoms with Gasteiger partial charge in [0.05, 0.1) is 0 Å². The lowest BCUT2D eigenvalue weighted by molar-refractivity contribution is -0.140. The summed E-state index contributed by atoms with van der Waals surface area (Å²) in [6, 6.07) is -0.699. The van der Waals surface area contributed by atoms with Crippen molar-refractivity contribution in [1.82, 2.24) is 0 Å². The van der Waals surface area contributed by atoms with Gasteiger partial charge in [-0.2, -0.15) is 0 Å². The van der Waals surface area contributed by atoms with Gasteiger partial charge in [-0.25, -0.2) is 0 Å². The van der Waals surface area contributed by atoms with Gasteiger partial charge in [0.1, 0.15) is 6.04 Å². The molecule has 0 heterocycles. The first-order chi connectivity index (χ1) is 8.86. The Balaban J connectivity index is 0. The van der Waals surface area contributed by atoms with Crippen LogP contribution in [0, 0.1) is 5.92 Å². The molecule has 4 N–H and O–H groups in total. The largest absolute Gasteiger partial charge is 0.481 e. The van der Waals surface area contributed by atoms with Crippen LogP contribution in [-0.4, -0.2) is 28.2 Å². The second-order valence-corrected chi connectivity index (χ2v) is 4.81. The molecule has 19 heavy (non-hydrogen) atoms. The van der Waals surface area contributed by atoms with Crippen LogP contribution in [0.15, 0.2) is 0 Å². The van der Waals surface area contributed by atoms with Gasteiger partial charge in [0.15, 0.2) is 0 Å². The van der Waals surface area contributed by atoms with E-state index in [1.54, 1.807) is 0 Å². The fourth-order valence-corrected chi connectivity index (χ4v) is 1.38. The molecule has 114 valence electrons. The number of hydrogen-bond acceptors (Lipinski definition) is 3. The number of rotatable bonds is 9. The Hall–Kier alpha value is -1.10. The SMILES string of the molecule is CCC(C)C(N)C(=O)O.CCCCCCCC(=O)O. The maximum Gasteiger partial charge on any atom is 0.320 e. The summed E-state index contributed by atoms with van der Waals surface area (Å²) in [5.74, 6) is -1.51. The summed E-state index contributed by atoms with van der Waals surface area (Å²) >= 11 is 0. The van der Waals surface area contributed by atoms with Crippen molar-refractivity contribution in [3.63, 3.8) is 0 Å². The van der Waals surface area contributed by atoms with E-state index in [4.69, 9.17) is 15.9 Å². The molecule has 0 aliphatic carbocycles. The Kier molecular flexibility index (Phi) is 14.2. The minimum atomic E-state index is -0.913.